The van der Waals surface area contributed by atoms with Gasteiger partial charge < -0.3 is 24.3 Å². The van der Waals surface area contributed by atoms with E-state index in [-0.39, 0.29) is 24.9 Å². The van der Waals surface area contributed by atoms with Gasteiger partial charge in [-0.15, -0.1) is 11.3 Å². The molecule has 0 radical (unpaired) electrons. The van der Waals surface area contributed by atoms with Gasteiger partial charge in [-0.1, -0.05) is 24.3 Å². The highest BCUT2D eigenvalue weighted by molar-refractivity contribution is 7.13. The summed E-state index contributed by atoms with van der Waals surface area (Å²) in [6.07, 6.45) is -0.00977. The lowest BCUT2D eigenvalue weighted by Gasteiger charge is -2.18. The van der Waals surface area contributed by atoms with Crippen LogP contribution in [-0.2, 0) is 14.2 Å². The van der Waals surface area contributed by atoms with Crippen molar-refractivity contribution in [3.63, 3.8) is 0 Å². The SMILES string of the molecule is O=C(Nc1ccc(Oc2ccccc2)cc1)OC1COC2C(Nc3nccc(-c4cccs4)n3)COC12. The van der Waals surface area contributed by atoms with Crippen LogP contribution < -0.4 is 15.4 Å². The quantitative estimate of drug-likeness (QED) is 0.346. The van der Waals surface area contributed by atoms with Crippen LogP contribution in [0.25, 0.3) is 10.6 Å². The maximum atomic E-state index is 12.5. The van der Waals surface area contributed by atoms with Gasteiger partial charge >= 0.3 is 6.09 Å². The highest BCUT2D eigenvalue weighted by atomic mass is 32.1. The standard InChI is InChI=1S/C27H24N4O5S/c32-27(29-17-8-10-19(11-9-17)35-18-5-2-1-3-6-18)36-22-16-34-24-21(15-33-25(22)24)31-26-28-13-12-20(30-26)23-7-4-14-37-23/h1-14,21-22,24-25H,15-16H2,(H,29,32)(H,28,30,31). The van der Waals surface area contributed by atoms with Crippen LogP contribution in [0, 0.1) is 0 Å². The second-order valence-corrected chi connectivity index (χ2v) is 9.55. The van der Waals surface area contributed by atoms with Crippen LogP contribution in [-0.4, -0.2) is 53.6 Å². The molecule has 0 aliphatic carbocycles. The molecule has 2 saturated heterocycles. The second-order valence-electron chi connectivity index (χ2n) is 8.60. The van der Waals surface area contributed by atoms with Crippen molar-refractivity contribution >= 4 is 29.1 Å². The summed E-state index contributed by atoms with van der Waals surface area (Å²) in [5.74, 6) is 1.91. The van der Waals surface area contributed by atoms with E-state index in [4.69, 9.17) is 18.9 Å². The largest absolute Gasteiger partial charge is 0.457 e. The predicted octanol–water partition coefficient (Wildman–Crippen LogP) is 5.19. The van der Waals surface area contributed by atoms with Crippen LogP contribution in [0.15, 0.2) is 84.4 Å². The van der Waals surface area contributed by atoms with Gasteiger partial charge in [0.25, 0.3) is 0 Å². The number of carbonyl (C=O) groups is 1. The summed E-state index contributed by atoms with van der Waals surface area (Å²) in [6.45, 7) is 0.646. The number of ether oxygens (including phenoxy) is 4. The molecule has 188 valence electrons. The Morgan fingerprint density at radius 2 is 1.73 bits per heavy atom. The van der Waals surface area contributed by atoms with Crippen molar-refractivity contribution < 1.29 is 23.7 Å². The molecule has 2 aliphatic heterocycles. The minimum absolute atomic E-state index is 0.155. The molecule has 4 aromatic rings. The molecular weight excluding hydrogens is 492 g/mol. The summed E-state index contributed by atoms with van der Waals surface area (Å²) in [6, 6.07) is 22.3. The summed E-state index contributed by atoms with van der Waals surface area (Å²) in [5.41, 5.74) is 1.45. The first kappa shape index (κ1) is 23.4. The number of hydrogen-bond donors (Lipinski definition) is 2. The molecule has 6 rings (SSSR count). The summed E-state index contributed by atoms with van der Waals surface area (Å²) < 4.78 is 23.3. The lowest BCUT2D eigenvalue weighted by atomic mass is 10.1. The third-order valence-corrected chi connectivity index (χ3v) is 6.98. The Hall–Kier alpha value is -3.99. The molecule has 2 fully saturated rings. The lowest BCUT2D eigenvalue weighted by molar-refractivity contribution is 0.00917. The zero-order valence-electron chi connectivity index (χ0n) is 19.7. The number of benzene rings is 2. The van der Waals surface area contributed by atoms with Crippen molar-refractivity contribution in [2.45, 2.75) is 24.4 Å². The number of hydrogen-bond acceptors (Lipinski definition) is 9. The van der Waals surface area contributed by atoms with Gasteiger partial charge in [0.15, 0.2) is 6.10 Å². The van der Waals surface area contributed by atoms with Crippen LogP contribution in [0.2, 0.25) is 0 Å². The zero-order chi connectivity index (χ0) is 25.0. The van der Waals surface area contributed by atoms with Crippen LogP contribution >= 0.6 is 11.3 Å². The summed E-state index contributed by atoms with van der Waals surface area (Å²) in [5, 5.41) is 8.08. The number of anilines is 2. The third kappa shape index (κ3) is 5.41. The Labute approximate surface area is 217 Å². The monoisotopic (exact) mass is 516 g/mol. The third-order valence-electron chi connectivity index (χ3n) is 6.09. The van der Waals surface area contributed by atoms with Crippen LogP contribution in [0.1, 0.15) is 0 Å². The second kappa shape index (κ2) is 10.6. The van der Waals surface area contributed by atoms with Crippen LogP contribution in [0.5, 0.6) is 11.5 Å². The number of para-hydroxylation sites is 1. The fraction of sp³-hybridized carbons (Fsp3) is 0.222. The summed E-state index contributed by atoms with van der Waals surface area (Å²) in [4.78, 5) is 22.6. The molecule has 0 spiro atoms. The van der Waals surface area contributed by atoms with E-state index in [0.29, 0.717) is 24.0 Å². The molecule has 9 nitrogen and oxygen atoms in total. The topological polar surface area (TPSA) is 104 Å². The first-order chi connectivity index (χ1) is 18.2. The Morgan fingerprint density at radius 3 is 2.54 bits per heavy atom. The molecule has 1 amide bonds. The van der Waals surface area contributed by atoms with E-state index in [1.807, 2.05) is 53.9 Å². The average molecular weight is 517 g/mol. The van der Waals surface area contributed by atoms with E-state index in [1.54, 1.807) is 41.8 Å². The van der Waals surface area contributed by atoms with Gasteiger partial charge in [0.1, 0.15) is 23.7 Å². The predicted molar refractivity (Wildman–Crippen MR) is 139 cm³/mol. The van der Waals surface area contributed by atoms with Crippen molar-refractivity contribution in [2.24, 2.45) is 0 Å². The van der Waals surface area contributed by atoms with Crippen molar-refractivity contribution in [1.29, 1.82) is 0 Å². The van der Waals surface area contributed by atoms with E-state index in [9.17, 15) is 4.79 Å². The maximum absolute atomic E-state index is 12.5. The maximum Gasteiger partial charge on any atom is 0.412 e. The van der Waals surface area contributed by atoms with Gasteiger partial charge in [-0.2, -0.15) is 0 Å². The van der Waals surface area contributed by atoms with Gasteiger partial charge in [-0.25, -0.2) is 14.8 Å². The highest BCUT2D eigenvalue weighted by Crippen LogP contribution is 2.31. The van der Waals surface area contributed by atoms with Crippen LogP contribution in [0.4, 0.5) is 16.4 Å². The molecule has 0 saturated carbocycles. The molecule has 2 aliphatic rings. The minimum Gasteiger partial charge on any atom is -0.457 e. The number of thiophene rings is 1. The zero-order valence-corrected chi connectivity index (χ0v) is 20.5. The van der Waals surface area contributed by atoms with E-state index in [1.165, 1.54) is 0 Å². The normalized spacial score (nSPS) is 22.3. The lowest BCUT2D eigenvalue weighted by Crippen LogP contribution is -2.38. The number of aromatic nitrogens is 2. The Morgan fingerprint density at radius 1 is 0.919 bits per heavy atom. The van der Waals surface area contributed by atoms with Gasteiger partial charge in [-0.3, -0.25) is 5.32 Å². The molecule has 10 heteroatoms. The number of rotatable bonds is 7. The molecule has 2 N–H and O–H groups in total. The van der Waals surface area contributed by atoms with Gasteiger partial charge in [0.2, 0.25) is 5.95 Å². The minimum atomic E-state index is -0.571. The summed E-state index contributed by atoms with van der Waals surface area (Å²) >= 11 is 1.62. The van der Waals surface area contributed by atoms with E-state index in [0.717, 1.165) is 16.3 Å². The van der Waals surface area contributed by atoms with Crippen molar-refractivity contribution in [3.05, 3.63) is 84.4 Å². The van der Waals surface area contributed by atoms with E-state index < -0.39 is 12.2 Å². The van der Waals surface area contributed by atoms with Crippen LogP contribution in [0.3, 0.4) is 0 Å². The highest BCUT2D eigenvalue weighted by Gasteiger charge is 2.49. The van der Waals surface area contributed by atoms with Crippen molar-refractivity contribution in [2.75, 3.05) is 23.8 Å². The van der Waals surface area contributed by atoms with Crippen molar-refractivity contribution in [1.82, 2.24) is 9.97 Å². The Balaban J connectivity index is 1.02. The van der Waals surface area contributed by atoms with E-state index in [2.05, 4.69) is 20.6 Å². The van der Waals surface area contributed by atoms with Crippen molar-refractivity contribution in [3.8, 4) is 22.1 Å². The molecular formula is C27H24N4O5S. The number of nitrogens with zero attached hydrogens (tertiary/aromatic N) is 2. The fourth-order valence-corrected chi connectivity index (χ4v) is 5.06. The molecule has 4 unspecified atom stereocenters. The van der Waals surface area contributed by atoms with Gasteiger partial charge in [-0.05, 0) is 53.9 Å². The molecule has 2 aromatic carbocycles. The number of carbonyl (C=O) groups excluding carboxylic acids is 1. The fourth-order valence-electron chi connectivity index (χ4n) is 4.36. The molecule has 4 atom stereocenters. The van der Waals surface area contributed by atoms with Gasteiger partial charge in [0, 0.05) is 11.9 Å². The number of fused-ring (bicyclic) bond motifs is 1. The summed E-state index contributed by atoms with van der Waals surface area (Å²) in [7, 11) is 0. The van der Waals surface area contributed by atoms with Gasteiger partial charge in [0.05, 0.1) is 29.8 Å². The smallest absolute Gasteiger partial charge is 0.412 e. The average Bonchev–Trinajstić information content (AvgIpc) is 3.67. The number of nitrogens with one attached hydrogen (secondary N) is 2. The molecule has 4 heterocycles. The first-order valence-electron chi connectivity index (χ1n) is 11.9. The molecule has 37 heavy (non-hydrogen) atoms. The first-order valence-corrected chi connectivity index (χ1v) is 12.8. The Bertz CT molecular complexity index is 1340. The Kier molecular flexibility index (Phi) is 6.68. The molecule has 0 bridgehead atoms. The molecule has 2 aromatic heterocycles. The van der Waals surface area contributed by atoms with E-state index >= 15 is 0 Å². The number of amides is 1.